The van der Waals surface area contributed by atoms with E-state index in [2.05, 4.69) is 20.1 Å². The molecule has 0 unspecified atom stereocenters. The van der Waals surface area contributed by atoms with Crippen LogP contribution in [0.3, 0.4) is 0 Å². The van der Waals surface area contributed by atoms with Gasteiger partial charge in [0.05, 0.1) is 0 Å². The lowest BCUT2D eigenvalue weighted by molar-refractivity contribution is -0.183. The second-order valence-electron chi connectivity index (χ2n) is 7.83. The lowest BCUT2D eigenvalue weighted by Gasteiger charge is -2.18. The third-order valence-corrected chi connectivity index (χ3v) is 4.72. The summed E-state index contributed by atoms with van der Waals surface area (Å²) in [6.07, 6.45) is 16.1. The van der Waals surface area contributed by atoms with Crippen molar-refractivity contribution in [3.8, 4) is 0 Å². The fraction of sp³-hybridized carbons (Fsp3) is 0.750. The molecule has 0 aromatic carbocycles. The van der Waals surface area contributed by atoms with Crippen LogP contribution in [-0.4, -0.2) is 18.2 Å². The SMILES string of the molecule is C=C(C)C(=O)OC(CCCCCCCCCCCCCCC)OC(=O)C(=C)C. The van der Waals surface area contributed by atoms with E-state index in [1.54, 1.807) is 13.8 Å². The molecule has 0 aromatic rings. The number of hydrogen-bond donors (Lipinski definition) is 0. The highest BCUT2D eigenvalue weighted by atomic mass is 16.7. The molecular formula is C24H42O4. The first kappa shape index (κ1) is 26.4. The van der Waals surface area contributed by atoms with Gasteiger partial charge >= 0.3 is 11.9 Å². The number of ether oxygens (including phenoxy) is 2. The molecule has 0 atom stereocenters. The van der Waals surface area contributed by atoms with E-state index in [4.69, 9.17) is 9.47 Å². The van der Waals surface area contributed by atoms with Crippen LogP contribution in [0.15, 0.2) is 24.3 Å². The van der Waals surface area contributed by atoms with Gasteiger partial charge in [-0.05, 0) is 20.3 Å². The Morgan fingerprint density at radius 1 is 0.643 bits per heavy atom. The fourth-order valence-electron chi connectivity index (χ4n) is 2.91. The standard InChI is InChI=1S/C24H42O4/c1-6-7-8-9-10-11-12-13-14-15-16-17-18-19-22(27-23(25)20(2)3)28-24(26)21(4)5/h22H,2,4,6-19H2,1,3,5H3. The molecule has 0 aliphatic carbocycles. The van der Waals surface area contributed by atoms with Crippen molar-refractivity contribution in [1.29, 1.82) is 0 Å². The maximum atomic E-state index is 11.7. The summed E-state index contributed by atoms with van der Waals surface area (Å²) in [6.45, 7) is 12.5. The Balaban J connectivity index is 3.80. The second kappa shape index (κ2) is 17.5. The first-order valence-electron chi connectivity index (χ1n) is 11.1. The van der Waals surface area contributed by atoms with E-state index >= 15 is 0 Å². The summed E-state index contributed by atoms with van der Waals surface area (Å²) < 4.78 is 10.4. The zero-order valence-corrected chi connectivity index (χ0v) is 18.5. The van der Waals surface area contributed by atoms with Crippen molar-refractivity contribution in [2.24, 2.45) is 0 Å². The monoisotopic (exact) mass is 394 g/mol. The van der Waals surface area contributed by atoms with E-state index in [1.807, 2.05) is 0 Å². The van der Waals surface area contributed by atoms with E-state index in [1.165, 1.54) is 64.2 Å². The molecule has 162 valence electrons. The second-order valence-corrected chi connectivity index (χ2v) is 7.83. The Labute approximate surface area is 172 Å². The van der Waals surface area contributed by atoms with Crippen LogP contribution < -0.4 is 0 Å². The maximum absolute atomic E-state index is 11.7. The van der Waals surface area contributed by atoms with E-state index in [-0.39, 0.29) is 0 Å². The van der Waals surface area contributed by atoms with Gasteiger partial charge in [0.15, 0.2) is 0 Å². The molecule has 28 heavy (non-hydrogen) atoms. The first-order chi connectivity index (χ1) is 13.4. The number of esters is 2. The van der Waals surface area contributed by atoms with Crippen LogP contribution in [0.1, 0.15) is 111 Å². The Bertz CT molecular complexity index is 439. The fourth-order valence-corrected chi connectivity index (χ4v) is 2.91. The molecule has 0 aromatic heterocycles. The molecule has 0 aliphatic rings. The van der Waals surface area contributed by atoms with E-state index in [0.29, 0.717) is 17.6 Å². The minimum absolute atomic E-state index is 0.293. The van der Waals surface area contributed by atoms with Crippen LogP contribution in [0.2, 0.25) is 0 Å². The van der Waals surface area contributed by atoms with Gasteiger partial charge in [-0.2, -0.15) is 0 Å². The van der Waals surface area contributed by atoms with Crippen molar-refractivity contribution in [3.63, 3.8) is 0 Å². The highest BCUT2D eigenvalue weighted by Gasteiger charge is 2.19. The number of hydrogen-bond acceptors (Lipinski definition) is 4. The molecule has 4 nitrogen and oxygen atoms in total. The Hall–Kier alpha value is -1.58. The summed E-state index contributed by atoms with van der Waals surface area (Å²) >= 11 is 0. The molecule has 0 saturated heterocycles. The molecule has 0 aliphatic heterocycles. The van der Waals surface area contributed by atoms with Gasteiger partial charge in [-0.1, -0.05) is 97.1 Å². The Morgan fingerprint density at radius 2 is 0.964 bits per heavy atom. The average Bonchev–Trinajstić information content (AvgIpc) is 2.64. The van der Waals surface area contributed by atoms with Crippen molar-refractivity contribution >= 4 is 11.9 Å². The van der Waals surface area contributed by atoms with Crippen LogP contribution in [-0.2, 0) is 19.1 Å². The normalized spacial score (nSPS) is 10.7. The zero-order chi connectivity index (χ0) is 21.2. The van der Waals surface area contributed by atoms with Crippen LogP contribution in [0.5, 0.6) is 0 Å². The summed E-state index contributed by atoms with van der Waals surface area (Å²) in [5, 5.41) is 0. The molecule has 0 fully saturated rings. The van der Waals surface area contributed by atoms with Crippen molar-refractivity contribution in [2.45, 2.75) is 117 Å². The number of carbonyl (C=O) groups is 2. The highest BCUT2D eigenvalue weighted by molar-refractivity contribution is 5.88. The predicted molar refractivity (Wildman–Crippen MR) is 116 cm³/mol. The quantitative estimate of drug-likeness (QED) is 0.108. The molecule has 0 spiro atoms. The van der Waals surface area contributed by atoms with Gasteiger partial charge in [0, 0.05) is 17.6 Å². The zero-order valence-electron chi connectivity index (χ0n) is 18.5. The van der Waals surface area contributed by atoms with Crippen molar-refractivity contribution in [2.75, 3.05) is 0 Å². The van der Waals surface area contributed by atoms with Crippen LogP contribution >= 0.6 is 0 Å². The van der Waals surface area contributed by atoms with Gasteiger partial charge in [-0.3, -0.25) is 0 Å². The van der Waals surface area contributed by atoms with E-state index < -0.39 is 18.2 Å². The van der Waals surface area contributed by atoms with Crippen molar-refractivity contribution < 1.29 is 19.1 Å². The van der Waals surface area contributed by atoms with Gasteiger partial charge in [0.1, 0.15) is 0 Å². The summed E-state index contributed by atoms with van der Waals surface area (Å²) in [4.78, 5) is 23.4. The molecule has 0 heterocycles. The molecule has 4 heteroatoms. The summed E-state index contributed by atoms with van der Waals surface area (Å²) in [6, 6.07) is 0. The number of unbranched alkanes of at least 4 members (excludes halogenated alkanes) is 12. The largest absolute Gasteiger partial charge is 0.422 e. The van der Waals surface area contributed by atoms with Crippen molar-refractivity contribution in [3.05, 3.63) is 24.3 Å². The topological polar surface area (TPSA) is 52.6 Å². The van der Waals surface area contributed by atoms with Gasteiger partial charge in [0.2, 0.25) is 6.29 Å². The summed E-state index contributed by atoms with van der Waals surface area (Å²) in [5.41, 5.74) is 0.587. The number of carbonyl (C=O) groups excluding carboxylic acids is 2. The molecule has 0 amide bonds. The van der Waals surface area contributed by atoms with Gasteiger partial charge in [0.25, 0.3) is 0 Å². The highest BCUT2D eigenvalue weighted by Crippen LogP contribution is 2.15. The third kappa shape index (κ3) is 15.5. The molecule has 0 radical (unpaired) electrons. The molecule has 0 N–H and O–H groups in total. The smallest absolute Gasteiger partial charge is 0.336 e. The minimum Gasteiger partial charge on any atom is -0.422 e. The van der Waals surface area contributed by atoms with Gasteiger partial charge < -0.3 is 9.47 Å². The van der Waals surface area contributed by atoms with Crippen LogP contribution in [0, 0.1) is 0 Å². The lowest BCUT2D eigenvalue weighted by Crippen LogP contribution is -2.25. The van der Waals surface area contributed by atoms with Gasteiger partial charge in [-0.25, -0.2) is 9.59 Å². The van der Waals surface area contributed by atoms with Crippen LogP contribution in [0.4, 0.5) is 0 Å². The number of rotatable bonds is 18. The van der Waals surface area contributed by atoms with Crippen molar-refractivity contribution in [1.82, 2.24) is 0 Å². The minimum atomic E-state index is -0.860. The maximum Gasteiger partial charge on any atom is 0.336 e. The van der Waals surface area contributed by atoms with E-state index in [0.717, 1.165) is 19.3 Å². The molecule has 0 rings (SSSR count). The summed E-state index contributed by atoms with van der Waals surface area (Å²) in [5.74, 6) is -1.07. The van der Waals surface area contributed by atoms with E-state index in [9.17, 15) is 9.59 Å². The molecule has 0 bridgehead atoms. The Morgan fingerprint density at radius 3 is 1.29 bits per heavy atom. The first-order valence-corrected chi connectivity index (χ1v) is 11.1. The summed E-state index contributed by atoms with van der Waals surface area (Å²) in [7, 11) is 0. The van der Waals surface area contributed by atoms with Crippen LogP contribution in [0.25, 0.3) is 0 Å². The van der Waals surface area contributed by atoms with Gasteiger partial charge in [-0.15, -0.1) is 0 Å². The lowest BCUT2D eigenvalue weighted by atomic mass is 10.0. The third-order valence-electron chi connectivity index (χ3n) is 4.72. The molecule has 0 saturated carbocycles. The molecular weight excluding hydrogens is 352 g/mol. The average molecular weight is 395 g/mol. The Kier molecular flexibility index (Phi) is 16.5. The predicted octanol–water partition coefficient (Wildman–Crippen LogP) is 7.03.